The highest BCUT2D eigenvalue weighted by Crippen LogP contribution is 2.17. The molecule has 0 spiro atoms. The summed E-state index contributed by atoms with van der Waals surface area (Å²) in [5, 5.41) is 2.61. The van der Waals surface area contributed by atoms with Crippen molar-refractivity contribution in [1.29, 1.82) is 0 Å². The van der Waals surface area contributed by atoms with E-state index in [1.165, 1.54) is 11.6 Å². The molecule has 0 saturated heterocycles. The smallest absolute Gasteiger partial charge is 0.338 e. The van der Waals surface area contributed by atoms with Crippen LogP contribution in [0.1, 0.15) is 23.0 Å². The van der Waals surface area contributed by atoms with Crippen molar-refractivity contribution < 1.29 is 14.3 Å². The minimum absolute atomic E-state index is 0.151. The summed E-state index contributed by atoms with van der Waals surface area (Å²) in [6, 6.07) is 16.1. The van der Waals surface area contributed by atoms with Crippen LogP contribution in [-0.4, -0.2) is 33.6 Å². The van der Waals surface area contributed by atoms with E-state index in [-0.39, 0.29) is 11.2 Å². The number of thioether (sulfide) groups is 1. The van der Waals surface area contributed by atoms with Crippen LogP contribution in [0.2, 0.25) is 0 Å². The summed E-state index contributed by atoms with van der Waals surface area (Å²) in [7, 11) is 1.74. The fraction of sp³-hybridized carbons (Fsp3) is 0.227. The number of nitrogens with zero attached hydrogens (tertiary/aromatic N) is 2. The Morgan fingerprint density at radius 3 is 2.30 bits per heavy atom. The Bertz CT molecular complexity index is 1120. The molecule has 0 aliphatic rings. The van der Waals surface area contributed by atoms with Gasteiger partial charge in [-0.05, 0) is 56.5 Å². The van der Waals surface area contributed by atoms with Gasteiger partial charge in [-0.2, -0.15) is 0 Å². The van der Waals surface area contributed by atoms with Gasteiger partial charge in [-0.1, -0.05) is 18.2 Å². The zero-order valence-corrected chi connectivity index (χ0v) is 18.0. The first-order chi connectivity index (χ1) is 14.3. The number of para-hydroxylation sites is 1. The Kier molecular flexibility index (Phi) is 6.47. The van der Waals surface area contributed by atoms with E-state index in [0.29, 0.717) is 16.9 Å². The van der Waals surface area contributed by atoms with Gasteiger partial charge in [0.25, 0.3) is 11.5 Å². The SMILES string of the molecule is CSc1ccc(C(=O)O[C@H](C)C(=O)Nc2c(C)n(C)n(-c3ccccc3)c2=O)cc1. The normalized spacial score (nSPS) is 11.7. The lowest BCUT2D eigenvalue weighted by molar-refractivity contribution is -0.123. The molecule has 0 aliphatic heterocycles. The quantitative estimate of drug-likeness (QED) is 0.484. The van der Waals surface area contributed by atoms with Crippen molar-refractivity contribution in [3.63, 3.8) is 0 Å². The second kappa shape index (κ2) is 9.04. The van der Waals surface area contributed by atoms with E-state index in [4.69, 9.17) is 4.74 Å². The zero-order valence-electron chi connectivity index (χ0n) is 17.2. The molecule has 3 aromatic rings. The van der Waals surface area contributed by atoms with Crippen LogP contribution in [0, 0.1) is 6.92 Å². The van der Waals surface area contributed by atoms with E-state index in [1.54, 1.807) is 54.7 Å². The summed E-state index contributed by atoms with van der Waals surface area (Å²) in [4.78, 5) is 38.8. The fourth-order valence-corrected chi connectivity index (χ4v) is 3.35. The topological polar surface area (TPSA) is 82.3 Å². The Balaban J connectivity index is 1.75. The summed E-state index contributed by atoms with van der Waals surface area (Å²) in [6.45, 7) is 3.21. The van der Waals surface area contributed by atoms with Crippen LogP contribution in [0.5, 0.6) is 0 Å². The van der Waals surface area contributed by atoms with Gasteiger partial charge < -0.3 is 10.1 Å². The van der Waals surface area contributed by atoms with Crippen LogP contribution in [0.4, 0.5) is 5.69 Å². The minimum Gasteiger partial charge on any atom is -0.449 e. The molecular formula is C22H23N3O4S. The zero-order chi connectivity index (χ0) is 21.8. The van der Waals surface area contributed by atoms with E-state index in [1.807, 2.05) is 36.6 Å². The third kappa shape index (κ3) is 4.33. The number of anilines is 1. The number of nitrogens with one attached hydrogen (secondary N) is 1. The number of carbonyl (C=O) groups excluding carboxylic acids is 2. The van der Waals surface area contributed by atoms with Crippen LogP contribution >= 0.6 is 11.8 Å². The number of benzene rings is 2. The predicted molar refractivity (Wildman–Crippen MR) is 117 cm³/mol. The van der Waals surface area contributed by atoms with Crippen molar-refractivity contribution in [1.82, 2.24) is 9.36 Å². The van der Waals surface area contributed by atoms with Gasteiger partial charge in [0.05, 0.1) is 16.9 Å². The first-order valence-electron chi connectivity index (χ1n) is 9.33. The second-order valence-electron chi connectivity index (χ2n) is 6.70. The largest absolute Gasteiger partial charge is 0.449 e. The van der Waals surface area contributed by atoms with Crippen LogP contribution < -0.4 is 10.9 Å². The number of amides is 1. The molecule has 7 nitrogen and oxygen atoms in total. The van der Waals surface area contributed by atoms with Crippen LogP contribution in [0.25, 0.3) is 5.69 Å². The summed E-state index contributed by atoms with van der Waals surface area (Å²) >= 11 is 1.56. The van der Waals surface area contributed by atoms with Gasteiger partial charge in [0, 0.05) is 11.9 Å². The lowest BCUT2D eigenvalue weighted by Crippen LogP contribution is -2.32. The van der Waals surface area contributed by atoms with Crippen molar-refractivity contribution in [2.75, 3.05) is 11.6 Å². The van der Waals surface area contributed by atoms with Crippen molar-refractivity contribution in [3.05, 3.63) is 76.2 Å². The minimum atomic E-state index is -1.07. The molecule has 0 fully saturated rings. The van der Waals surface area contributed by atoms with Gasteiger partial charge in [-0.15, -0.1) is 11.8 Å². The molecule has 1 atom stereocenters. The lowest BCUT2D eigenvalue weighted by Gasteiger charge is -2.13. The molecule has 0 saturated carbocycles. The highest BCUT2D eigenvalue weighted by atomic mass is 32.2. The van der Waals surface area contributed by atoms with Gasteiger partial charge in [0.2, 0.25) is 0 Å². The number of aromatic nitrogens is 2. The summed E-state index contributed by atoms with van der Waals surface area (Å²) < 4.78 is 8.40. The molecule has 1 amide bonds. The lowest BCUT2D eigenvalue weighted by atomic mass is 10.2. The van der Waals surface area contributed by atoms with E-state index in [2.05, 4.69) is 5.32 Å². The van der Waals surface area contributed by atoms with Crippen molar-refractivity contribution in [3.8, 4) is 5.69 Å². The number of carbonyl (C=O) groups is 2. The Morgan fingerprint density at radius 1 is 1.07 bits per heavy atom. The van der Waals surface area contributed by atoms with Gasteiger partial charge in [0.15, 0.2) is 6.10 Å². The molecule has 0 unspecified atom stereocenters. The average Bonchev–Trinajstić information content (AvgIpc) is 2.97. The molecule has 1 N–H and O–H groups in total. The van der Waals surface area contributed by atoms with Crippen molar-refractivity contribution in [2.24, 2.45) is 7.05 Å². The Labute approximate surface area is 178 Å². The summed E-state index contributed by atoms with van der Waals surface area (Å²) in [5.74, 6) is -1.17. The molecule has 0 radical (unpaired) electrons. The fourth-order valence-electron chi connectivity index (χ4n) is 2.95. The first-order valence-corrected chi connectivity index (χ1v) is 10.6. The maximum atomic E-state index is 12.9. The van der Waals surface area contributed by atoms with E-state index in [0.717, 1.165) is 4.90 Å². The molecule has 30 heavy (non-hydrogen) atoms. The Morgan fingerprint density at radius 2 is 1.70 bits per heavy atom. The third-order valence-corrected chi connectivity index (χ3v) is 5.52. The highest BCUT2D eigenvalue weighted by molar-refractivity contribution is 7.98. The van der Waals surface area contributed by atoms with E-state index >= 15 is 0 Å². The van der Waals surface area contributed by atoms with Gasteiger partial charge in [-0.3, -0.25) is 14.3 Å². The van der Waals surface area contributed by atoms with Gasteiger partial charge in [-0.25, -0.2) is 9.48 Å². The molecule has 0 bridgehead atoms. The van der Waals surface area contributed by atoms with Crippen molar-refractivity contribution >= 4 is 29.3 Å². The molecular weight excluding hydrogens is 402 g/mol. The summed E-state index contributed by atoms with van der Waals surface area (Å²) in [5.41, 5.74) is 1.42. The average molecular weight is 426 g/mol. The number of hydrogen-bond donors (Lipinski definition) is 1. The molecule has 2 aromatic carbocycles. The second-order valence-corrected chi connectivity index (χ2v) is 7.58. The van der Waals surface area contributed by atoms with Gasteiger partial charge in [0.1, 0.15) is 5.69 Å². The van der Waals surface area contributed by atoms with Crippen molar-refractivity contribution in [2.45, 2.75) is 24.8 Å². The first kappa shape index (κ1) is 21.4. The molecule has 3 rings (SSSR count). The highest BCUT2D eigenvalue weighted by Gasteiger charge is 2.23. The van der Waals surface area contributed by atoms with Crippen LogP contribution in [0.15, 0.2) is 64.3 Å². The van der Waals surface area contributed by atoms with E-state index < -0.39 is 18.0 Å². The number of rotatable bonds is 6. The molecule has 0 aliphatic carbocycles. The molecule has 156 valence electrons. The molecule has 1 heterocycles. The number of esters is 1. The van der Waals surface area contributed by atoms with Crippen LogP contribution in [-0.2, 0) is 16.6 Å². The van der Waals surface area contributed by atoms with E-state index in [9.17, 15) is 14.4 Å². The maximum absolute atomic E-state index is 12.9. The summed E-state index contributed by atoms with van der Waals surface area (Å²) in [6.07, 6.45) is 0.874. The third-order valence-electron chi connectivity index (χ3n) is 4.78. The monoisotopic (exact) mass is 425 g/mol. The standard InChI is InChI=1S/C22H23N3O4S/c1-14-19(21(27)25(24(14)3)17-8-6-5-7-9-17)23-20(26)15(2)29-22(28)16-10-12-18(30-4)13-11-16/h5-13,15H,1-4H3,(H,23,26)/t15-/m1/s1. The maximum Gasteiger partial charge on any atom is 0.338 e. The molecule has 1 aromatic heterocycles. The molecule has 8 heteroatoms. The van der Waals surface area contributed by atoms with Gasteiger partial charge >= 0.3 is 5.97 Å². The number of hydrogen-bond acceptors (Lipinski definition) is 5. The Hall–Kier alpha value is -3.26. The predicted octanol–water partition coefficient (Wildman–Crippen LogP) is 3.39. The van der Waals surface area contributed by atoms with Crippen LogP contribution in [0.3, 0.4) is 0 Å². The number of ether oxygens (including phenoxy) is 1.